The smallest absolute Gasteiger partial charge is 0.323 e. The normalized spacial score (nSPS) is 15.3. The number of aromatic amines is 2. The Morgan fingerprint density at radius 2 is 1.79 bits per heavy atom. The molecule has 0 aliphatic carbocycles. The minimum Gasteiger partial charge on any atom is -0.493 e. The van der Waals surface area contributed by atoms with E-state index in [0.29, 0.717) is 6.61 Å². The Hall–Kier alpha value is -2.73. The number of benzene rings is 2. The Bertz CT molecular complexity index is 999. The molecule has 2 aromatic carbocycles. The van der Waals surface area contributed by atoms with E-state index in [1.54, 1.807) is 0 Å². The van der Waals surface area contributed by atoms with Gasteiger partial charge in [-0.05, 0) is 49.6 Å². The van der Waals surface area contributed by atoms with Crippen molar-refractivity contribution in [1.82, 2.24) is 14.9 Å². The van der Waals surface area contributed by atoms with Gasteiger partial charge in [-0.2, -0.15) is 0 Å². The van der Waals surface area contributed by atoms with Crippen molar-refractivity contribution in [3.05, 3.63) is 58.0 Å². The van der Waals surface area contributed by atoms with E-state index < -0.39 is 0 Å². The molecule has 1 aromatic heterocycles. The summed E-state index contributed by atoms with van der Waals surface area (Å²) in [6.45, 7) is 10.4. The Morgan fingerprint density at radius 1 is 1.00 bits per heavy atom. The molecule has 0 unspecified atom stereocenters. The summed E-state index contributed by atoms with van der Waals surface area (Å²) in [4.78, 5) is 21.8. The number of fused-ring (bicyclic) bond motifs is 1. The molecule has 0 amide bonds. The van der Waals surface area contributed by atoms with Crippen molar-refractivity contribution in [2.24, 2.45) is 0 Å². The van der Waals surface area contributed by atoms with Crippen LogP contribution in [0.4, 0.5) is 5.69 Å². The topological polar surface area (TPSA) is 64.4 Å². The summed E-state index contributed by atoms with van der Waals surface area (Å²) in [6, 6.07) is 12.2. The third-order valence-electron chi connectivity index (χ3n) is 5.66. The molecule has 0 spiro atoms. The minimum atomic E-state index is -0.188. The Morgan fingerprint density at radius 3 is 2.61 bits per heavy atom. The highest BCUT2D eigenvalue weighted by Gasteiger charge is 2.18. The number of anilines is 1. The van der Waals surface area contributed by atoms with Gasteiger partial charge in [0, 0.05) is 44.5 Å². The van der Waals surface area contributed by atoms with Gasteiger partial charge in [0.2, 0.25) is 0 Å². The molecule has 4 rings (SSSR count). The van der Waals surface area contributed by atoms with Gasteiger partial charge in [0.15, 0.2) is 0 Å². The van der Waals surface area contributed by atoms with Crippen LogP contribution in [0.15, 0.2) is 41.2 Å². The molecule has 6 nitrogen and oxygen atoms in total. The lowest BCUT2D eigenvalue weighted by atomic mass is 10.1. The molecule has 2 N–H and O–H groups in total. The zero-order chi connectivity index (χ0) is 19.5. The Balaban J connectivity index is 1.22. The molecule has 0 saturated carbocycles. The van der Waals surface area contributed by atoms with Crippen molar-refractivity contribution in [2.75, 3.05) is 44.2 Å². The number of nitrogens with zero attached hydrogens (tertiary/aromatic N) is 2. The van der Waals surface area contributed by atoms with Gasteiger partial charge in [-0.15, -0.1) is 0 Å². The molecule has 0 radical (unpaired) electrons. The highest BCUT2D eigenvalue weighted by Crippen LogP contribution is 2.24. The molecule has 0 bridgehead atoms. The third-order valence-corrected chi connectivity index (χ3v) is 5.66. The number of aromatic nitrogens is 2. The largest absolute Gasteiger partial charge is 0.493 e. The quantitative estimate of drug-likeness (QED) is 0.645. The van der Waals surface area contributed by atoms with Gasteiger partial charge in [-0.1, -0.05) is 12.1 Å². The first-order chi connectivity index (χ1) is 13.6. The fourth-order valence-corrected chi connectivity index (χ4v) is 3.87. The zero-order valence-electron chi connectivity index (χ0n) is 16.6. The maximum absolute atomic E-state index is 11.3. The third kappa shape index (κ3) is 4.07. The second-order valence-electron chi connectivity index (χ2n) is 7.54. The van der Waals surface area contributed by atoms with E-state index in [0.717, 1.165) is 55.9 Å². The minimum absolute atomic E-state index is 0.188. The van der Waals surface area contributed by atoms with Crippen LogP contribution in [0.3, 0.4) is 0 Å². The Labute approximate surface area is 165 Å². The van der Waals surface area contributed by atoms with E-state index in [2.05, 4.69) is 51.8 Å². The fourth-order valence-electron chi connectivity index (χ4n) is 3.87. The van der Waals surface area contributed by atoms with Crippen LogP contribution in [-0.4, -0.2) is 54.2 Å². The summed E-state index contributed by atoms with van der Waals surface area (Å²) in [7, 11) is 0. The van der Waals surface area contributed by atoms with Crippen molar-refractivity contribution < 1.29 is 4.74 Å². The summed E-state index contributed by atoms with van der Waals surface area (Å²) in [6.07, 6.45) is 0.991. The summed E-state index contributed by atoms with van der Waals surface area (Å²) < 4.78 is 5.86. The summed E-state index contributed by atoms with van der Waals surface area (Å²) in [5, 5.41) is 0. The van der Waals surface area contributed by atoms with E-state index in [1.165, 1.54) is 16.8 Å². The lowest BCUT2D eigenvalue weighted by molar-refractivity contribution is 0.225. The van der Waals surface area contributed by atoms with Crippen molar-refractivity contribution >= 4 is 16.7 Å². The second kappa shape index (κ2) is 8.10. The van der Waals surface area contributed by atoms with Crippen LogP contribution in [0.1, 0.15) is 17.5 Å². The van der Waals surface area contributed by atoms with Crippen molar-refractivity contribution in [2.45, 2.75) is 20.3 Å². The molecule has 1 aliphatic heterocycles. The van der Waals surface area contributed by atoms with Crippen LogP contribution in [0.25, 0.3) is 11.0 Å². The number of hydrogen-bond acceptors (Lipinski definition) is 4. The van der Waals surface area contributed by atoms with E-state index in [1.807, 2.05) is 18.2 Å². The number of aryl methyl sites for hydroxylation is 1. The standard InChI is InChI=1S/C22H28N4O2/c1-16-5-3-6-21(17(16)2)26-12-10-25(11-13-26)9-4-14-28-18-7-8-19-20(15-18)24-22(27)23-19/h3,5-8,15H,4,9-14H2,1-2H3,(H2,23,24,27). The van der Waals surface area contributed by atoms with Crippen molar-refractivity contribution in [3.63, 3.8) is 0 Å². The monoisotopic (exact) mass is 380 g/mol. The summed E-state index contributed by atoms with van der Waals surface area (Å²) >= 11 is 0. The van der Waals surface area contributed by atoms with Gasteiger partial charge < -0.3 is 19.6 Å². The average Bonchev–Trinajstić information content (AvgIpc) is 3.07. The number of imidazole rings is 1. The Kier molecular flexibility index (Phi) is 5.39. The first kappa shape index (κ1) is 18.6. The average molecular weight is 380 g/mol. The van der Waals surface area contributed by atoms with Crippen molar-refractivity contribution in [1.29, 1.82) is 0 Å². The van der Waals surface area contributed by atoms with Crippen LogP contribution in [0.2, 0.25) is 0 Å². The number of piperazine rings is 1. The van der Waals surface area contributed by atoms with E-state index >= 15 is 0 Å². The molecular weight excluding hydrogens is 352 g/mol. The van der Waals surface area contributed by atoms with Crippen LogP contribution in [0.5, 0.6) is 5.75 Å². The van der Waals surface area contributed by atoms with Crippen LogP contribution in [0, 0.1) is 13.8 Å². The van der Waals surface area contributed by atoms with E-state index in [-0.39, 0.29) is 5.69 Å². The number of nitrogens with one attached hydrogen (secondary N) is 2. The molecule has 2 heterocycles. The molecule has 1 saturated heterocycles. The van der Waals surface area contributed by atoms with Gasteiger partial charge in [0.25, 0.3) is 0 Å². The molecule has 3 aromatic rings. The van der Waals surface area contributed by atoms with Gasteiger partial charge in [0.1, 0.15) is 5.75 Å². The molecular formula is C22H28N4O2. The predicted octanol–water partition coefficient (Wildman–Crippen LogP) is 3.06. The first-order valence-corrected chi connectivity index (χ1v) is 9.98. The molecule has 148 valence electrons. The van der Waals surface area contributed by atoms with Gasteiger partial charge in [-0.3, -0.25) is 4.90 Å². The van der Waals surface area contributed by atoms with Gasteiger partial charge in [-0.25, -0.2) is 4.79 Å². The number of hydrogen-bond donors (Lipinski definition) is 2. The van der Waals surface area contributed by atoms with Gasteiger partial charge in [0.05, 0.1) is 17.6 Å². The molecule has 1 fully saturated rings. The molecule has 0 atom stereocenters. The molecule has 28 heavy (non-hydrogen) atoms. The maximum Gasteiger partial charge on any atom is 0.323 e. The number of H-pyrrole nitrogens is 2. The second-order valence-corrected chi connectivity index (χ2v) is 7.54. The summed E-state index contributed by atoms with van der Waals surface area (Å²) in [5.74, 6) is 0.794. The lowest BCUT2D eigenvalue weighted by Gasteiger charge is -2.37. The molecule has 6 heteroatoms. The first-order valence-electron chi connectivity index (χ1n) is 9.98. The zero-order valence-corrected chi connectivity index (χ0v) is 16.6. The van der Waals surface area contributed by atoms with Crippen LogP contribution in [-0.2, 0) is 0 Å². The van der Waals surface area contributed by atoms with E-state index in [4.69, 9.17) is 4.74 Å². The highest BCUT2D eigenvalue weighted by molar-refractivity contribution is 5.75. The fraction of sp³-hybridized carbons (Fsp3) is 0.409. The van der Waals surface area contributed by atoms with Crippen LogP contribution < -0.4 is 15.3 Å². The van der Waals surface area contributed by atoms with Crippen molar-refractivity contribution in [3.8, 4) is 5.75 Å². The molecule has 1 aliphatic rings. The number of rotatable bonds is 6. The lowest BCUT2D eigenvalue weighted by Crippen LogP contribution is -2.47. The van der Waals surface area contributed by atoms with Gasteiger partial charge >= 0.3 is 5.69 Å². The predicted molar refractivity (Wildman–Crippen MR) is 114 cm³/mol. The summed E-state index contributed by atoms with van der Waals surface area (Å²) in [5.41, 5.74) is 5.53. The SMILES string of the molecule is Cc1cccc(N2CCN(CCCOc3ccc4[nH]c(=O)[nH]c4c3)CC2)c1C. The van der Waals surface area contributed by atoms with E-state index in [9.17, 15) is 4.79 Å². The van der Waals surface area contributed by atoms with Crippen LogP contribution >= 0.6 is 0 Å². The highest BCUT2D eigenvalue weighted by atomic mass is 16.5. The maximum atomic E-state index is 11.3. The number of ether oxygens (including phenoxy) is 1.